The molecule has 0 saturated heterocycles. The molecule has 0 unspecified atom stereocenters. The number of nitrogens with zero attached hydrogens (tertiary/aromatic N) is 1. The van der Waals surface area contributed by atoms with E-state index in [-0.39, 0.29) is 12.5 Å². The Labute approximate surface area is 145 Å². The van der Waals surface area contributed by atoms with E-state index in [2.05, 4.69) is 15.6 Å². The molecule has 126 valence electrons. The topological polar surface area (TPSA) is 97.1 Å². The van der Waals surface area contributed by atoms with Gasteiger partial charge in [0, 0.05) is 11.6 Å². The number of benzene rings is 2. The molecule has 0 fully saturated rings. The molecule has 0 saturated carbocycles. The lowest BCUT2D eigenvalue weighted by atomic mass is 10.1. The minimum absolute atomic E-state index is 0.0425. The molecular formula is C19H18N4O2. The molecule has 1 heterocycles. The van der Waals surface area contributed by atoms with Gasteiger partial charge in [-0.15, -0.1) is 0 Å². The van der Waals surface area contributed by atoms with E-state index in [0.29, 0.717) is 5.69 Å². The summed E-state index contributed by atoms with van der Waals surface area (Å²) in [6.45, 7) is -0.0425. The summed E-state index contributed by atoms with van der Waals surface area (Å²) in [6.07, 6.45) is 1.70. The fourth-order valence-electron chi connectivity index (χ4n) is 2.63. The molecule has 25 heavy (non-hydrogen) atoms. The van der Waals surface area contributed by atoms with Gasteiger partial charge in [0.25, 0.3) is 0 Å². The number of aromatic nitrogens is 1. The molecule has 6 nitrogen and oxygen atoms in total. The van der Waals surface area contributed by atoms with Crippen LogP contribution in [0.15, 0.2) is 66.9 Å². The summed E-state index contributed by atoms with van der Waals surface area (Å²) in [5.41, 5.74) is 7.63. The number of fused-ring (bicyclic) bond motifs is 1. The van der Waals surface area contributed by atoms with Crippen LogP contribution >= 0.6 is 0 Å². The monoisotopic (exact) mass is 334 g/mol. The Morgan fingerprint density at radius 3 is 2.56 bits per heavy atom. The van der Waals surface area contributed by atoms with Crippen LogP contribution in [0.2, 0.25) is 0 Å². The minimum atomic E-state index is -0.721. The largest absolute Gasteiger partial charge is 0.368 e. The second kappa shape index (κ2) is 7.55. The van der Waals surface area contributed by atoms with E-state index in [1.807, 2.05) is 48.5 Å². The first-order chi connectivity index (χ1) is 12.1. The number of carbonyl (C=O) groups excluding carboxylic acids is 2. The normalized spacial score (nSPS) is 11.8. The Morgan fingerprint density at radius 1 is 1.00 bits per heavy atom. The van der Waals surface area contributed by atoms with Gasteiger partial charge in [0.2, 0.25) is 11.8 Å². The molecule has 4 N–H and O–H groups in total. The Kier molecular flexibility index (Phi) is 5.01. The number of primary amides is 1. The molecule has 2 aromatic carbocycles. The van der Waals surface area contributed by atoms with Crippen molar-refractivity contribution in [3.8, 4) is 0 Å². The summed E-state index contributed by atoms with van der Waals surface area (Å²) in [5, 5.41) is 6.59. The maximum Gasteiger partial charge on any atom is 0.239 e. The van der Waals surface area contributed by atoms with Crippen molar-refractivity contribution in [2.24, 2.45) is 5.73 Å². The molecule has 0 aliphatic rings. The van der Waals surface area contributed by atoms with Crippen LogP contribution in [0.1, 0.15) is 11.6 Å². The second-order valence-electron chi connectivity index (χ2n) is 5.55. The maximum atomic E-state index is 12.3. The predicted octanol–water partition coefficient (Wildman–Crippen LogP) is 1.99. The highest BCUT2D eigenvalue weighted by molar-refractivity contribution is 6.01. The number of rotatable bonds is 6. The quantitative estimate of drug-likeness (QED) is 0.642. The Morgan fingerprint density at radius 2 is 1.80 bits per heavy atom. The third-order valence-corrected chi connectivity index (χ3v) is 3.80. The van der Waals surface area contributed by atoms with E-state index in [9.17, 15) is 9.59 Å². The lowest BCUT2D eigenvalue weighted by molar-refractivity contribution is -0.120. The van der Waals surface area contributed by atoms with E-state index >= 15 is 0 Å². The maximum absolute atomic E-state index is 12.3. The summed E-state index contributed by atoms with van der Waals surface area (Å²) in [7, 11) is 0. The molecule has 2 amide bonds. The number of hydrogen-bond donors (Lipinski definition) is 3. The van der Waals surface area contributed by atoms with Crippen LogP contribution in [0.25, 0.3) is 10.9 Å². The van der Waals surface area contributed by atoms with Crippen LogP contribution < -0.4 is 16.4 Å². The molecule has 6 heteroatoms. The fraction of sp³-hybridized carbons (Fsp3) is 0.105. The van der Waals surface area contributed by atoms with Crippen LogP contribution in [0.3, 0.4) is 0 Å². The number of hydrogen-bond acceptors (Lipinski definition) is 4. The molecule has 0 aliphatic heterocycles. The van der Waals surface area contributed by atoms with E-state index in [4.69, 9.17) is 5.73 Å². The third kappa shape index (κ3) is 3.99. The van der Waals surface area contributed by atoms with Crippen molar-refractivity contribution < 1.29 is 9.59 Å². The Bertz CT molecular complexity index is 891. The SMILES string of the molecule is NC(=O)[C@H](NCC(=O)Nc1cccc2ncccc12)c1ccccc1. The first-order valence-electron chi connectivity index (χ1n) is 7.86. The van der Waals surface area contributed by atoms with Gasteiger partial charge < -0.3 is 11.1 Å². The molecular weight excluding hydrogens is 316 g/mol. The summed E-state index contributed by atoms with van der Waals surface area (Å²) >= 11 is 0. The van der Waals surface area contributed by atoms with Crippen molar-refractivity contribution >= 4 is 28.4 Å². The average molecular weight is 334 g/mol. The van der Waals surface area contributed by atoms with Gasteiger partial charge in [-0.3, -0.25) is 19.9 Å². The number of amides is 2. The summed E-state index contributed by atoms with van der Waals surface area (Å²) in [6, 6.07) is 17.6. The zero-order valence-electron chi connectivity index (χ0n) is 13.5. The Hall–Kier alpha value is -3.25. The molecule has 3 aromatic rings. The van der Waals surface area contributed by atoms with Gasteiger partial charge >= 0.3 is 0 Å². The van der Waals surface area contributed by atoms with E-state index in [0.717, 1.165) is 16.5 Å². The highest BCUT2D eigenvalue weighted by Crippen LogP contribution is 2.21. The number of nitrogens with one attached hydrogen (secondary N) is 2. The van der Waals surface area contributed by atoms with Gasteiger partial charge in [-0.25, -0.2) is 0 Å². The molecule has 0 aliphatic carbocycles. The van der Waals surface area contributed by atoms with Crippen LogP contribution in [0, 0.1) is 0 Å². The fourth-order valence-corrected chi connectivity index (χ4v) is 2.63. The van der Waals surface area contributed by atoms with Gasteiger partial charge in [0.15, 0.2) is 0 Å². The summed E-state index contributed by atoms with van der Waals surface area (Å²) in [4.78, 5) is 28.2. The van der Waals surface area contributed by atoms with Gasteiger partial charge in [-0.2, -0.15) is 0 Å². The minimum Gasteiger partial charge on any atom is -0.368 e. The van der Waals surface area contributed by atoms with Crippen molar-refractivity contribution in [3.05, 3.63) is 72.4 Å². The average Bonchev–Trinajstić information content (AvgIpc) is 2.63. The first kappa shape index (κ1) is 16.6. The van der Waals surface area contributed by atoms with Crippen LogP contribution in [-0.2, 0) is 9.59 Å². The van der Waals surface area contributed by atoms with Crippen molar-refractivity contribution in [3.63, 3.8) is 0 Å². The van der Waals surface area contributed by atoms with E-state index < -0.39 is 11.9 Å². The standard InChI is InChI=1S/C19H18N4O2/c20-19(25)18(13-6-2-1-3-7-13)22-12-17(24)23-16-10-4-9-15-14(16)8-5-11-21-15/h1-11,18,22H,12H2,(H2,20,25)(H,23,24)/t18-/m1/s1. The lowest BCUT2D eigenvalue weighted by Crippen LogP contribution is -2.38. The summed E-state index contributed by atoms with van der Waals surface area (Å²) < 4.78 is 0. The first-order valence-corrected chi connectivity index (χ1v) is 7.86. The van der Waals surface area contributed by atoms with Gasteiger partial charge in [0.1, 0.15) is 6.04 Å². The van der Waals surface area contributed by atoms with Crippen molar-refractivity contribution in [2.75, 3.05) is 11.9 Å². The van der Waals surface area contributed by atoms with E-state index in [1.165, 1.54) is 0 Å². The molecule has 1 aromatic heterocycles. The van der Waals surface area contributed by atoms with Crippen LogP contribution in [0.4, 0.5) is 5.69 Å². The van der Waals surface area contributed by atoms with Crippen molar-refractivity contribution in [2.45, 2.75) is 6.04 Å². The van der Waals surface area contributed by atoms with Gasteiger partial charge in [-0.1, -0.05) is 36.4 Å². The number of pyridine rings is 1. The van der Waals surface area contributed by atoms with Crippen LogP contribution in [-0.4, -0.2) is 23.3 Å². The Balaban J connectivity index is 1.68. The number of nitrogens with two attached hydrogens (primary N) is 1. The third-order valence-electron chi connectivity index (χ3n) is 3.80. The summed E-state index contributed by atoms with van der Waals surface area (Å²) in [5.74, 6) is -0.799. The zero-order chi connectivity index (χ0) is 17.6. The molecule has 0 bridgehead atoms. The predicted molar refractivity (Wildman–Crippen MR) is 96.8 cm³/mol. The molecule has 0 spiro atoms. The van der Waals surface area contributed by atoms with E-state index in [1.54, 1.807) is 18.3 Å². The molecule has 1 atom stereocenters. The second-order valence-corrected chi connectivity index (χ2v) is 5.55. The molecule has 0 radical (unpaired) electrons. The smallest absolute Gasteiger partial charge is 0.239 e. The lowest BCUT2D eigenvalue weighted by Gasteiger charge is -2.16. The zero-order valence-corrected chi connectivity index (χ0v) is 13.5. The van der Waals surface area contributed by atoms with Crippen LogP contribution in [0.5, 0.6) is 0 Å². The molecule has 3 rings (SSSR count). The highest BCUT2D eigenvalue weighted by Gasteiger charge is 2.18. The number of anilines is 1. The van der Waals surface area contributed by atoms with Gasteiger partial charge in [0.05, 0.1) is 17.7 Å². The highest BCUT2D eigenvalue weighted by atomic mass is 16.2. The van der Waals surface area contributed by atoms with Crippen molar-refractivity contribution in [1.29, 1.82) is 0 Å². The van der Waals surface area contributed by atoms with Gasteiger partial charge in [-0.05, 0) is 29.8 Å². The van der Waals surface area contributed by atoms with Crippen molar-refractivity contribution in [1.82, 2.24) is 10.3 Å². The number of carbonyl (C=O) groups is 2.